The standard InChI is InChI=1S/C33H29NO8/c1-15-11-24(37)28-23(31(15)38)14-22-20(29(28)30-25(41-3)12-19(36)13-26(30)42-4)9-10-21-27(22)33(40)34(32(21)39)18-7-5-17(6-8-18)16(2)35/h5-9,11-13,21-22,27,29,36H,10,14H2,1-4H3. The monoisotopic (exact) mass is 567 g/mol. The van der Waals surface area contributed by atoms with E-state index in [-0.39, 0.29) is 59.3 Å². The van der Waals surface area contributed by atoms with E-state index in [4.69, 9.17) is 9.47 Å². The fraction of sp³-hybridized carbons (Fsp3) is 0.303. The van der Waals surface area contributed by atoms with E-state index in [1.165, 1.54) is 44.3 Å². The summed E-state index contributed by atoms with van der Waals surface area (Å²) in [6.45, 7) is 3.03. The molecule has 9 nitrogen and oxygen atoms in total. The molecule has 4 atom stereocenters. The number of benzene rings is 2. The van der Waals surface area contributed by atoms with E-state index < -0.39 is 23.7 Å². The topological polar surface area (TPSA) is 127 Å². The fourth-order valence-corrected chi connectivity index (χ4v) is 7.02. The summed E-state index contributed by atoms with van der Waals surface area (Å²) in [5.74, 6) is -3.75. The smallest absolute Gasteiger partial charge is 0.238 e. The minimum Gasteiger partial charge on any atom is -0.508 e. The molecular formula is C33H29NO8. The highest BCUT2D eigenvalue weighted by molar-refractivity contribution is 6.25. The molecule has 0 spiro atoms. The van der Waals surface area contributed by atoms with Crippen LogP contribution in [0.5, 0.6) is 17.2 Å². The number of fused-ring (bicyclic) bond motifs is 3. The minimum absolute atomic E-state index is 0.100. The summed E-state index contributed by atoms with van der Waals surface area (Å²) in [5, 5.41) is 10.3. The Hall–Kier alpha value is -4.79. The van der Waals surface area contributed by atoms with E-state index in [2.05, 4.69) is 0 Å². The highest BCUT2D eigenvalue weighted by atomic mass is 16.5. The minimum atomic E-state index is -0.794. The van der Waals surface area contributed by atoms with Crippen molar-refractivity contribution in [3.05, 3.63) is 82.0 Å². The van der Waals surface area contributed by atoms with E-state index >= 15 is 0 Å². The van der Waals surface area contributed by atoms with Crippen molar-refractivity contribution < 1.29 is 38.6 Å². The van der Waals surface area contributed by atoms with E-state index in [0.29, 0.717) is 33.5 Å². The zero-order chi connectivity index (χ0) is 30.0. The maximum Gasteiger partial charge on any atom is 0.238 e. The number of phenolic OH excluding ortho intramolecular Hbond substituents is 1. The van der Waals surface area contributed by atoms with Crippen molar-refractivity contribution in [1.82, 2.24) is 0 Å². The molecule has 1 aliphatic heterocycles. The zero-order valence-electron chi connectivity index (χ0n) is 23.6. The first-order valence-electron chi connectivity index (χ1n) is 13.7. The zero-order valence-corrected chi connectivity index (χ0v) is 23.6. The van der Waals surface area contributed by atoms with Crippen LogP contribution in [0.1, 0.15) is 48.5 Å². The second-order valence-corrected chi connectivity index (χ2v) is 11.1. The van der Waals surface area contributed by atoms with Crippen LogP contribution in [0.15, 0.2) is 70.8 Å². The average Bonchev–Trinajstić information content (AvgIpc) is 3.23. The van der Waals surface area contributed by atoms with Crippen molar-refractivity contribution in [2.45, 2.75) is 32.6 Å². The number of Topliss-reactive ketones (excluding diaryl/α,β-unsaturated/α-hetero) is 2. The lowest BCUT2D eigenvalue weighted by Crippen LogP contribution is -2.40. The summed E-state index contributed by atoms with van der Waals surface area (Å²) in [4.78, 5) is 67.8. The molecule has 3 aliphatic carbocycles. The first-order valence-corrected chi connectivity index (χ1v) is 13.7. The Labute approximate surface area is 242 Å². The summed E-state index contributed by atoms with van der Waals surface area (Å²) >= 11 is 0. The van der Waals surface area contributed by atoms with Gasteiger partial charge in [-0.25, -0.2) is 0 Å². The highest BCUT2D eigenvalue weighted by Gasteiger charge is 2.57. The number of hydrogen-bond donors (Lipinski definition) is 1. The SMILES string of the molecule is COc1cc(O)cc(OC)c1C1C2=CCC3C(=O)N(c4ccc(C(C)=O)cc4)C(=O)C3C2CC2=C1C(=O)C=C(C)C2=O. The van der Waals surface area contributed by atoms with Gasteiger partial charge in [0.25, 0.3) is 0 Å². The van der Waals surface area contributed by atoms with Gasteiger partial charge in [0, 0.05) is 45.9 Å². The fourth-order valence-electron chi connectivity index (χ4n) is 7.02. The van der Waals surface area contributed by atoms with Crippen molar-refractivity contribution in [1.29, 1.82) is 0 Å². The molecule has 4 aliphatic rings. The van der Waals surface area contributed by atoms with Gasteiger partial charge in [0.15, 0.2) is 17.3 Å². The molecule has 0 aromatic heterocycles. The second-order valence-electron chi connectivity index (χ2n) is 11.1. The number of rotatable bonds is 5. The molecule has 1 N–H and O–H groups in total. The number of phenols is 1. The van der Waals surface area contributed by atoms with Crippen molar-refractivity contribution in [3.63, 3.8) is 0 Å². The van der Waals surface area contributed by atoms with Gasteiger partial charge in [0.05, 0.1) is 31.7 Å². The number of allylic oxidation sites excluding steroid dienone is 6. The highest BCUT2D eigenvalue weighted by Crippen LogP contribution is 2.58. The van der Waals surface area contributed by atoms with Gasteiger partial charge in [0.2, 0.25) is 11.8 Å². The molecule has 42 heavy (non-hydrogen) atoms. The van der Waals surface area contributed by atoms with Crippen LogP contribution in [0.2, 0.25) is 0 Å². The Bertz CT molecular complexity index is 1670. The van der Waals surface area contributed by atoms with E-state index in [1.807, 2.05) is 6.08 Å². The van der Waals surface area contributed by atoms with Gasteiger partial charge < -0.3 is 14.6 Å². The molecular weight excluding hydrogens is 538 g/mol. The van der Waals surface area contributed by atoms with Gasteiger partial charge in [-0.1, -0.05) is 11.6 Å². The third kappa shape index (κ3) is 3.94. The molecule has 2 amide bonds. The number of methoxy groups -OCH3 is 2. The van der Waals surface area contributed by atoms with Gasteiger partial charge in [-0.05, 0) is 62.9 Å². The summed E-state index contributed by atoms with van der Waals surface area (Å²) in [7, 11) is 2.87. The molecule has 1 saturated heterocycles. The van der Waals surface area contributed by atoms with Gasteiger partial charge in [-0.2, -0.15) is 0 Å². The molecule has 2 aromatic rings. The number of ether oxygens (including phenoxy) is 2. The van der Waals surface area contributed by atoms with Crippen LogP contribution in [0.3, 0.4) is 0 Å². The van der Waals surface area contributed by atoms with Crippen molar-refractivity contribution >= 4 is 34.9 Å². The second kappa shape index (κ2) is 9.94. The van der Waals surface area contributed by atoms with Crippen molar-refractivity contribution in [2.75, 3.05) is 19.1 Å². The number of nitrogens with zero attached hydrogens (tertiary/aromatic N) is 1. The summed E-state index contributed by atoms with van der Waals surface area (Å²) in [6.07, 6.45) is 3.63. The Kier molecular flexibility index (Phi) is 6.48. The molecule has 1 heterocycles. The van der Waals surface area contributed by atoms with Crippen LogP contribution >= 0.6 is 0 Å². The molecule has 0 saturated carbocycles. The first kappa shape index (κ1) is 27.4. The lowest BCUT2D eigenvalue weighted by molar-refractivity contribution is -0.123. The molecule has 9 heteroatoms. The van der Waals surface area contributed by atoms with Crippen LogP contribution in [-0.2, 0) is 19.2 Å². The van der Waals surface area contributed by atoms with E-state index in [9.17, 15) is 29.1 Å². The van der Waals surface area contributed by atoms with E-state index in [1.54, 1.807) is 31.2 Å². The van der Waals surface area contributed by atoms with Crippen LogP contribution in [0, 0.1) is 17.8 Å². The molecule has 4 unspecified atom stereocenters. The maximum atomic E-state index is 14.1. The molecule has 6 rings (SSSR count). The Morgan fingerprint density at radius 3 is 2.19 bits per heavy atom. The lowest BCUT2D eigenvalue weighted by atomic mass is 9.59. The van der Waals surface area contributed by atoms with E-state index in [0.717, 1.165) is 5.57 Å². The number of ketones is 3. The number of hydrogen-bond acceptors (Lipinski definition) is 8. The van der Waals surface area contributed by atoms with Gasteiger partial charge >= 0.3 is 0 Å². The average molecular weight is 568 g/mol. The van der Waals surface area contributed by atoms with Crippen LogP contribution in [0.25, 0.3) is 0 Å². The van der Waals surface area contributed by atoms with Gasteiger partial charge in [-0.15, -0.1) is 0 Å². The number of amides is 2. The Balaban J connectivity index is 1.51. The van der Waals surface area contributed by atoms with Crippen molar-refractivity contribution in [3.8, 4) is 17.2 Å². The van der Waals surface area contributed by atoms with Crippen molar-refractivity contribution in [2.24, 2.45) is 17.8 Å². The summed E-state index contributed by atoms with van der Waals surface area (Å²) in [5.41, 5.74) is 2.96. The lowest BCUT2D eigenvalue weighted by Gasteiger charge is -2.42. The molecule has 2 aromatic carbocycles. The Morgan fingerprint density at radius 1 is 0.952 bits per heavy atom. The largest absolute Gasteiger partial charge is 0.508 e. The molecule has 214 valence electrons. The quantitative estimate of drug-likeness (QED) is 0.246. The molecule has 0 radical (unpaired) electrons. The predicted molar refractivity (Wildman–Crippen MR) is 151 cm³/mol. The van der Waals surface area contributed by atoms with Crippen LogP contribution in [0.4, 0.5) is 5.69 Å². The maximum absolute atomic E-state index is 14.1. The molecule has 0 bridgehead atoms. The van der Waals surface area contributed by atoms with Crippen LogP contribution in [-0.4, -0.2) is 48.5 Å². The number of anilines is 1. The van der Waals surface area contributed by atoms with Crippen LogP contribution < -0.4 is 14.4 Å². The van der Waals surface area contributed by atoms with Gasteiger partial charge in [0.1, 0.15) is 17.2 Å². The summed E-state index contributed by atoms with van der Waals surface area (Å²) in [6, 6.07) is 9.19. The third-order valence-electron chi connectivity index (χ3n) is 8.91. The summed E-state index contributed by atoms with van der Waals surface area (Å²) < 4.78 is 11.3. The normalized spacial score (nSPS) is 25.0. The Morgan fingerprint density at radius 2 is 1.60 bits per heavy atom. The number of carbonyl (C=O) groups is 5. The number of carbonyl (C=O) groups excluding carboxylic acids is 5. The first-order chi connectivity index (χ1) is 20.1. The molecule has 1 fully saturated rings. The predicted octanol–water partition coefficient (Wildman–Crippen LogP) is 4.25. The van der Waals surface area contributed by atoms with Gasteiger partial charge in [-0.3, -0.25) is 28.9 Å². The number of imide groups is 1. The third-order valence-corrected chi connectivity index (χ3v) is 8.91. The number of aromatic hydroxyl groups is 1.